The second kappa shape index (κ2) is 6.01. The number of benzene rings is 1. The van der Waals surface area contributed by atoms with Crippen molar-refractivity contribution in [2.24, 2.45) is 0 Å². The van der Waals surface area contributed by atoms with Gasteiger partial charge in [0.25, 0.3) is 10.0 Å². The van der Waals surface area contributed by atoms with Crippen LogP contribution in [0.3, 0.4) is 0 Å². The lowest BCUT2D eigenvalue weighted by atomic mass is 10.1. The first-order valence-electron chi connectivity index (χ1n) is 6.18. The lowest BCUT2D eigenvalue weighted by molar-refractivity contribution is 0.215. The van der Waals surface area contributed by atoms with Gasteiger partial charge < -0.3 is 5.32 Å². The number of carbonyl (C=O) groups is 1. The van der Waals surface area contributed by atoms with E-state index in [1.807, 2.05) is 0 Å². The maximum atomic E-state index is 12.4. The quantitative estimate of drug-likeness (QED) is 0.932. The zero-order valence-corrected chi connectivity index (χ0v) is 13.5. The molecule has 1 aromatic carbocycles. The Bertz CT molecular complexity index is 577. The van der Waals surface area contributed by atoms with Crippen molar-refractivity contribution in [3.63, 3.8) is 0 Å². The van der Waals surface area contributed by atoms with Gasteiger partial charge in [0.1, 0.15) is 0 Å². The van der Waals surface area contributed by atoms with E-state index in [0.29, 0.717) is 5.02 Å². The van der Waals surface area contributed by atoms with E-state index >= 15 is 0 Å². The normalized spacial score (nSPS) is 12.1. The first kappa shape index (κ1) is 16.8. The molecule has 0 aliphatic carbocycles. The van der Waals surface area contributed by atoms with Crippen LogP contribution >= 0.6 is 11.6 Å². The van der Waals surface area contributed by atoms with Crippen molar-refractivity contribution >= 4 is 27.7 Å². The molecule has 0 saturated carbocycles. The highest BCUT2D eigenvalue weighted by Gasteiger charge is 2.29. The van der Waals surface area contributed by atoms with Crippen LogP contribution in [0.25, 0.3) is 0 Å². The molecule has 0 aliphatic heterocycles. The fourth-order valence-electron chi connectivity index (χ4n) is 1.54. The van der Waals surface area contributed by atoms with Crippen molar-refractivity contribution in [1.29, 1.82) is 0 Å². The van der Waals surface area contributed by atoms with Gasteiger partial charge in [-0.3, -0.25) is 0 Å². The van der Waals surface area contributed by atoms with Crippen LogP contribution in [0.5, 0.6) is 0 Å². The smallest absolute Gasteiger partial charge is 0.331 e. The molecule has 112 valence electrons. The van der Waals surface area contributed by atoms with E-state index in [1.54, 1.807) is 27.7 Å². The van der Waals surface area contributed by atoms with E-state index < -0.39 is 21.6 Å². The van der Waals surface area contributed by atoms with Gasteiger partial charge in [0.2, 0.25) is 0 Å². The summed E-state index contributed by atoms with van der Waals surface area (Å²) in [6.07, 6.45) is 0. The van der Waals surface area contributed by atoms with Crippen LogP contribution in [-0.4, -0.2) is 30.8 Å². The van der Waals surface area contributed by atoms with Gasteiger partial charge in [0.05, 0.1) is 4.90 Å². The fraction of sp³-hybridized carbons (Fsp3) is 0.462. The summed E-state index contributed by atoms with van der Waals surface area (Å²) in [6, 6.07) is 5.07. The van der Waals surface area contributed by atoms with Crippen molar-refractivity contribution < 1.29 is 13.2 Å². The highest BCUT2D eigenvalue weighted by Crippen LogP contribution is 2.19. The van der Waals surface area contributed by atoms with Crippen LogP contribution in [0, 0.1) is 0 Å². The van der Waals surface area contributed by atoms with Crippen LogP contribution in [0.15, 0.2) is 29.2 Å². The predicted octanol–water partition coefficient (Wildman–Crippen LogP) is 2.86. The minimum Gasteiger partial charge on any atom is -0.333 e. The van der Waals surface area contributed by atoms with Crippen molar-refractivity contribution in [3.05, 3.63) is 29.3 Å². The van der Waals surface area contributed by atoms with Crippen molar-refractivity contribution in [2.45, 2.75) is 38.1 Å². The summed E-state index contributed by atoms with van der Waals surface area (Å²) in [5.41, 5.74) is -0.514. The van der Waals surface area contributed by atoms with E-state index in [0.717, 1.165) is 4.31 Å². The summed E-state index contributed by atoms with van der Waals surface area (Å²) < 4.78 is 25.7. The number of nitrogens with zero attached hydrogens (tertiary/aromatic N) is 1. The molecule has 0 aliphatic rings. The maximum Gasteiger partial charge on any atom is 0.331 e. The SMILES string of the molecule is CCN(C(=O)NC(C)(C)C)S(=O)(=O)c1ccc(Cl)cc1. The molecule has 0 radical (unpaired) electrons. The third kappa shape index (κ3) is 4.11. The molecule has 7 heteroatoms. The zero-order valence-electron chi connectivity index (χ0n) is 12.0. The minimum absolute atomic E-state index is 0.0350. The molecular formula is C13H19ClN2O3S. The third-order valence-electron chi connectivity index (χ3n) is 2.40. The van der Waals surface area contributed by atoms with Gasteiger partial charge in [-0.05, 0) is 52.0 Å². The Morgan fingerprint density at radius 2 is 1.75 bits per heavy atom. The molecule has 0 atom stereocenters. The number of halogens is 1. The second-order valence-corrected chi connectivity index (χ2v) is 7.60. The first-order valence-corrected chi connectivity index (χ1v) is 8.00. The van der Waals surface area contributed by atoms with Crippen molar-refractivity contribution in [1.82, 2.24) is 9.62 Å². The average molecular weight is 319 g/mol. The number of nitrogens with one attached hydrogen (secondary N) is 1. The molecule has 20 heavy (non-hydrogen) atoms. The number of sulfonamides is 1. The van der Waals surface area contributed by atoms with Crippen LogP contribution in [0.2, 0.25) is 5.02 Å². The summed E-state index contributed by atoms with van der Waals surface area (Å²) >= 11 is 5.74. The van der Waals surface area contributed by atoms with Crippen LogP contribution in [0.4, 0.5) is 4.79 Å². The van der Waals surface area contributed by atoms with E-state index in [9.17, 15) is 13.2 Å². The summed E-state index contributed by atoms with van der Waals surface area (Å²) in [5.74, 6) is 0. The zero-order chi connectivity index (χ0) is 15.6. The molecule has 0 heterocycles. The van der Waals surface area contributed by atoms with Crippen LogP contribution < -0.4 is 5.32 Å². The summed E-state index contributed by atoms with van der Waals surface area (Å²) in [6.45, 7) is 7.01. The molecule has 1 aromatic rings. The van der Waals surface area contributed by atoms with Gasteiger partial charge in [-0.2, -0.15) is 0 Å². The number of carbonyl (C=O) groups excluding carboxylic acids is 1. The lowest BCUT2D eigenvalue weighted by Gasteiger charge is -2.27. The molecule has 0 fully saturated rings. The van der Waals surface area contributed by atoms with Gasteiger partial charge in [-0.1, -0.05) is 11.6 Å². The number of hydrogen-bond acceptors (Lipinski definition) is 3. The summed E-state index contributed by atoms with van der Waals surface area (Å²) in [4.78, 5) is 12.1. The molecule has 0 spiro atoms. The van der Waals surface area contributed by atoms with E-state index in [1.165, 1.54) is 24.3 Å². The lowest BCUT2D eigenvalue weighted by Crippen LogP contribution is -2.50. The fourth-order valence-corrected chi connectivity index (χ4v) is 3.00. The Labute approximate surface area is 125 Å². The monoisotopic (exact) mass is 318 g/mol. The molecular weight excluding hydrogens is 300 g/mol. The molecule has 0 unspecified atom stereocenters. The Kier molecular flexibility index (Phi) is 5.05. The van der Waals surface area contributed by atoms with Gasteiger partial charge in [-0.15, -0.1) is 0 Å². The predicted molar refractivity (Wildman–Crippen MR) is 79.3 cm³/mol. The molecule has 1 N–H and O–H groups in total. The Morgan fingerprint density at radius 1 is 1.25 bits per heavy atom. The molecule has 1 rings (SSSR count). The number of rotatable bonds is 3. The van der Waals surface area contributed by atoms with Crippen molar-refractivity contribution in [2.75, 3.05) is 6.54 Å². The largest absolute Gasteiger partial charge is 0.333 e. The van der Waals surface area contributed by atoms with E-state index in [4.69, 9.17) is 11.6 Å². The van der Waals surface area contributed by atoms with Crippen LogP contribution in [-0.2, 0) is 10.0 Å². The molecule has 0 bridgehead atoms. The molecule has 0 aromatic heterocycles. The highest BCUT2D eigenvalue weighted by atomic mass is 35.5. The molecule has 0 saturated heterocycles. The Hall–Kier alpha value is -1.27. The summed E-state index contributed by atoms with van der Waals surface area (Å²) in [7, 11) is -3.88. The molecule has 2 amide bonds. The Morgan fingerprint density at radius 3 is 2.15 bits per heavy atom. The average Bonchev–Trinajstić information content (AvgIpc) is 2.27. The van der Waals surface area contributed by atoms with Crippen molar-refractivity contribution in [3.8, 4) is 0 Å². The van der Waals surface area contributed by atoms with Gasteiger partial charge in [0.15, 0.2) is 0 Å². The molecule has 5 nitrogen and oxygen atoms in total. The van der Waals surface area contributed by atoms with Gasteiger partial charge >= 0.3 is 6.03 Å². The third-order valence-corrected chi connectivity index (χ3v) is 4.52. The van der Waals surface area contributed by atoms with Gasteiger partial charge in [-0.25, -0.2) is 17.5 Å². The van der Waals surface area contributed by atoms with Crippen LogP contribution in [0.1, 0.15) is 27.7 Å². The van der Waals surface area contributed by atoms with Gasteiger partial charge in [0, 0.05) is 17.1 Å². The minimum atomic E-state index is -3.88. The number of urea groups is 1. The topological polar surface area (TPSA) is 66.5 Å². The second-order valence-electron chi connectivity index (χ2n) is 5.30. The summed E-state index contributed by atoms with van der Waals surface area (Å²) in [5, 5.41) is 3.08. The first-order chi connectivity index (χ1) is 9.08. The maximum absolute atomic E-state index is 12.4. The van der Waals surface area contributed by atoms with E-state index in [-0.39, 0.29) is 11.4 Å². The van der Waals surface area contributed by atoms with E-state index in [2.05, 4.69) is 5.32 Å². The standard InChI is InChI=1S/C13H19ClN2O3S/c1-5-16(12(17)15-13(2,3)4)20(18,19)11-8-6-10(14)7-9-11/h6-9H,5H2,1-4H3,(H,15,17). The Balaban J connectivity index is 3.10. The number of amides is 2. The highest BCUT2D eigenvalue weighted by molar-refractivity contribution is 7.89. The number of hydrogen-bond donors (Lipinski definition) is 1.